The summed E-state index contributed by atoms with van der Waals surface area (Å²) in [5, 5.41) is 11.6. The summed E-state index contributed by atoms with van der Waals surface area (Å²) in [4.78, 5) is 28.7. The lowest BCUT2D eigenvalue weighted by molar-refractivity contribution is -0.384. The third kappa shape index (κ3) is 2.89. The topological polar surface area (TPSA) is 90.6 Å². The smallest absolute Gasteiger partial charge is 0.281 e. The van der Waals surface area contributed by atoms with Gasteiger partial charge in [-0.05, 0) is 36.4 Å². The van der Waals surface area contributed by atoms with E-state index >= 15 is 0 Å². The number of fused-ring (bicyclic) bond motifs is 3. The fraction of sp³-hybridized carbons (Fsp3) is 0. The average molecular weight is 424 g/mol. The number of hydrogen-bond donors (Lipinski definition) is 0. The summed E-state index contributed by atoms with van der Waals surface area (Å²) in [6, 6.07) is 15.1. The van der Waals surface area contributed by atoms with E-state index < -0.39 is 4.92 Å². The van der Waals surface area contributed by atoms with Crippen molar-refractivity contribution in [2.24, 2.45) is 0 Å². The summed E-state index contributed by atoms with van der Waals surface area (Å²) in [6.45, 7) is 0. The molecule has 0 aliphatic heterocycles. The second kappa shape index (κ2) is 6.54. The highest BCUT2D eigenvalue weighted by Crippen LogP contribution is 2.33. The fourth-order valence-electron chi connectivity index (χ4n) is 3.18. The lowest BCUT2D eigenvalue weighted by atomic mass is 10.1. The van der Waals surface area contributed by atoms with Crippen LogP contribution in [0, 0.1) is 10.1 Å². The van der Waals surface area contributed by atoms with Crippen LogP contribution in [0.1, 0.15) is 5.76 Å². The fourth-order valence-corrected chi connectivity index (χ4v) is 4.31. The quantitative estimate of drug-likeness (QED) is 0.319. The van der Waals surface area contributed by atoms with Crippen LogP contribution >= 0.6 is 22.9 Å². The van der Waals surface area contributed by atoms with Crippen LogP contribution in [0.5, 0.6) is 0 Å². The molecule has 0 saturated heterocycles. The number of halogens is 1. The minimum atomic E-state index is -0.512. The third-order valence-electron chi connectivity index (χ3n) is 4.47. The molecule has 0 aliphatic rings. The first-order valence-corrected chi connectivity index (χ1v) is 9.66. The number of furan rings is 1. The SMILES string of the molecule is O=c1/c(=C/c2ccc(-c3ccc(Cl)cc3[N+](=O)[O-])o2)sc2nc3ccccc3n12. The van der Waals surface area contributed by atoms with Gasteiger partial charge in [-0.2, -0.15) is 0 Å². The van der Waals surface area contributed by atoms with Gasteiger partial charge < -0.3 is 4.42 Å². The Morgan fingerprint density at radius 2 is 2.00 bits per heavy atom. The molecule has 2 aromatic carbocycles. The van der Waals surface area contributed by atoms with Gasteiger partial charge in [-0.15, -0.1) is 0 Å². The molecule has 0 bridgehead atoms. The third-order valence-corrected chi connectivity index (χ3v) is 5.67. The summed E-state index contributed by atoms with van der Waals surface area (Å²) in [5.41, 5.74) is 1.49. The van der Waals surface area contributed by atoms with Crippen LogP contribution < -0.4 is 10.1 Å². The molecule has 142 valence electrons. The summed E-state index contributed by atoms with van der Waals surface area (Å²) >= 11 is 7.12. The first-order chi connectivity index (χ1) is 14.0. The van der Waals surface area contributed by atoms with Gasteiger partial charge in [0.15, 0.2) is 4.96 Å². The number of para-hydroxylation sites is 2. The van der Waals surface area contributed by atoms with Crippen LogP contribution in [0.4, 0.5) is 5.69 Å². The van der Waals surface area contributed by atoms with Crippen LogP contribution in [0.2, 0.25) is 5.02 Å². The van der Waals surface area contributed by atoms with Crippen LogP contribution in [-0.2, 0) is 0 Å². The molecule has 7 nitrogen and oxygen atoms in total. The Labute approximate surface area is 171 Å². The molecule has 5 aromatic rings. The van der Waals surface area contributed by atoms with Gasteiger partial charge in [-0.3, -0.25) is 14.9 Å². The summed E-state index contributed by atoms with van der Waals surface area (Å²) in [6.07, 6.45) is 1.61. The van der Waals surface area contributed by atoms with Crippen molar-refractivity contribution in [2.75, 3.05) is 0 Å². The largest absolute Gasteiger partial charge is 0.456 e. The molecule has 0 unspecified atom stereocenters. The molecule has 0 N–H and O–H groups in total. The Kier molecular flexibility index (Phi) is 3.97. The molecule has 0 spiro atoms. The number of rotatable bonds is 3. The van der Waals surface area contributed by atoms with E-state index in [0.29, 0.717) is 26.6 Å². The zero-order valence-electron chi connectivity index (χ0n) is 14.5. The maximum absolute atomic E-state index is 12.8. The molecule has 0 saturated carbocycles. The Morgan fingerprint density at radius 3 is 2.83 bits per heavy atom. The molecule has 3 heterocycles. The van der Waals surface area contributed by atoms with Crippen molar-refractivity contribution in [3.05, 3.63) is 90.4 Å². The Hall–Kier alpha value is -3.49. The van der Waals surface area contributed by atoms with Crippen molar-refractivity contribution in [1.29, 1.82) is 0 Å². The second-order valence-corrected chi connectivity index (χ2v) is 7.70. The van der Waals surface area contributed by atoms with E-state index in [1.54, 1.807) is 28.7 Å². The molecule has 0 fully saturated rings. The maximum Gasteiger partial charge on any atom is 0.281 e. The van der Waals surface area contributed by atoms with Gasteiger partial charge in [0.1, 0.15) is 16.1 Å². The standard InChI is InChI=1S/C20H10ClN3O4S/c21-11-5-7-13(16(9-11)24(26)27)17-8-6-12(28-17)10-18-19(25)23-15-4-2-1-3-14(15)22-20(23)29-18/h1-10H/b18-10-. The van der Waals surface area contributed by atoms with E-state index in [2.05, 4.69) is 4.98 Å². The lowest BCUT2D eigenvalue weighted by Crippen LogP contribution is -2.22. The van der Waals surface area contributed by atoms with Gasteiger partial charge in [0.05, 0.1) is 21.5 Å². The highest BCUT2D eigenvalue weighted by molar-refractivity contribution is 7.15. The monoisotopic (exact) mass is 423 g/mol. The van der Waals surface area contributed by atoms with Gasteiger partial charge in [0, 0.05) is 17.2 Å². The maximum atomic E-state index is 12.8. The number of hydrogen-bond acceptors (Lipinski definition) is 6. The number of nitro groups is 1. The highest BCUT2D eigenvalue weighted by atomic mass is 35.5. The first-order valence-electron chi connectivity index (χ1n) is 8.47. The highest BCUT2D eigenvalue weighted by Gasteiger charge is 2.19. The number of nitrogens with zero attached hydrogens (tertiary/aromatic N) is 3. The molecular formula is C20H10ClN3O4S. The molecule has 0 aliphatic carbocycles. The Bertz CT molecular complexity index is 1530. The van der Waals surface area contributed by atoms with E-state index in [0.717, 1.165) is 11.0 Å². The van der Waals surface area contributed by atoms with Crippen molar-refractivity contribution in [2.45, 2.75) is 0 Å². The van der Waals surface area contributed by atoms with E-state index in [-0.39, 0.29) is 16.3 Å². The van der Waals surface area contributed by atoms with Gasteiger partial charge in [0.2, 0.25) is 0 Å². The second-order valence-electron chi connectivity index (χ2n) is 6.25. The zero-order chi connectivity index (χ0) is 20.1. The molecule has 9 heteroatoms. The van der Waals surface area contributed by atoms with Gasteiger partial charge >= 0.3 is 0 Å². The van der Waals surface area contributed by atoms with Crippen molar-refractivity contribution < 1.29 is 9.34 Å². The predicted molar refractivity (Wildman–Crippen MR) is 111 cm³/mol. The minimum Gasteiger partial charge on any atom is -0.456 e. The molecule has 3 aromatic heterocycles. The molecule has 5 rings (SSSR count). The van der Waals surface area contributed by atoms with Crippen LogP contribution in [0.25, 0.3) is 33.4 Å². The average Bonchev–Trinajstić information content (AvgIpc) is 3.38. The Morgan fingerprint density at radius 1 is 1.17 bits per heavy atom. The summed E-state index contributed by atoms with van der Waals surface area (Å²) in [7, 11) is 0. The van der Waals surface area contributed by atoms with Crippen LogP contribution in [0.15, 0.2) is 63.8 Å². The molecule has 0 atom stereocenters. The predicted octanol–water partition coefficient (Wildman–Crippen LogP) is 4.28. The van der Waals surface area contributed by atoms with Crippen LogP contribution in [-0.4, -0.2) is 14.3 Å². The summed E-state index contributed by atoms with van der Waals surface area (Å²) < 4.78 is 7.79. The van der Waals surface area contributed by atoms with E-state index in [4.69, 9.17) is 16.0 Å². The molecule has 0 radical (unpaired) electrons. The molecule has 29 heavy (non-hydrogen) atoms. The summed E-state index contributed by atoms with van der Waals surface area (Å²) in [5.74, 6) is 0.731. The minimum absolute atomic E-state index is 0.149. The van der Waals surface area contributed by atoms with Gasteiger partial charge in [0.25, 0.3) is 11.2 Å². The zero-order valence-corrected chi connectivity index (χ0v) is 16.1. The van der Waals surface area contributed by atoms with E-state index in [1.807, 2.05) is 24.3 Å². The van der Waals surface area contributed by atoms with E-state index in [9.17, 15) is 14.9 Å². The lowest BCUT2D eigenvalue weighted by Gasteiger charge is -2.00. The number of benzene rings is 2. The Balaban J connectivity index is 1.62. The van der Waals surface area contributed by atoms with Crippen LogP contribution in [0.3, 0.4) is 0 Å². The number of nitro benzene ring substituents is 1. The normalized spacial score (nSPS) is 12.2. The van der Waals surface area contributed by atoms with Gasteiger partial charge in [-0.1, -0.05) is 35.1 Å². The molecular weight excluding hydrogens is 414 g/mol. The van der Waals surface area contributed by atoms with Crippen molar-refractivity contribution in [1.82, 2.24) is 9.38 Å². The van der Waals surface area contributed by atoms with Crippen molar-refractivity contribution >= 4 is 50.7 Å². The number of thiazole rings is 1. The molecule has 0 amide bonds. The van der Waals surface area contributed by atoms with Gasteiger partial charge in [-0.25, -0.2) is 9.38 Å². The van der Waals surface area contributed by atoms with Crippen molar-refractivity contribution in [3.63, 3.8) is 0 Å². The first kappa shape index (κ1) is 17.6. The number of imidazole rings is 1. The van der Waals surface area contributed by atoms with Crippen molar-refractivity contribution in [3.8, 4) is 11.3 Å². The van der Waals surface area contributed by atoms with E-state index in [1.165, 1.54) is 23.5 Å². The number of aromatic nitrogens is 2.